The molecule has 1 aliphatic heterocycles. The normalized spacial score (nSPS) is 17.5. The number of likely N-dealkylation sites (tertiary alicyclic amines) is 1. The number of rotatable bonds is 8. The van der Waals surface area contributed by atoms with E-state index in [1.165, 1.54) is 13.2 Å². The third-order valence-electron chi connectivity index (χ3n) is 6.81. The fourth-order valence-electron chi connectivity index (χ4n) is 4.69. The largest absolute Gasteiger partial charge is 0.495 e. The molecule has 4 rings (SSSR count). The van der Waals surface area contributed by atoms with Crippen molar-refractivity contribution in [2.45, 2.75) is 30.9 Å². The van der Waals surface area contributed by atoms with Crippen LogP contribution in [-0.4, -0.2) is 65.7 Å². The highest BCUT2D eigenvalue weighted by Gasteiger charge is 2.38. The van der Waals surface area contributed by atoms with Gasteiger partial charge in [-0.2, -0.15) is 0 Å². The summed E-state index contributed by atoms with van der Waals surface area (Å²) in [5.41, 5.74) is 3.90. The van der Waals surface area contributed by atoms with Crippen LogP contribution in [0.1, 0.15) is 21.5 Å². The first-order valence-electron chi connectivity index (χ1n) is 12.0. The number of likely N-dealkylation sites (N-methyl/N-ethyl adjacent to an activating group) is 1. The van der Waals surface area contributed by atoms with Gasteiger partial charge in [0.25, 0.3) is 15.9 Å². The van der Waals surface area contributed by atoms with E-state index in [0.29, 0.717) is 24.3 Å². The van der Waals surface area contributed by atoms with Crippen molar-refractivity contribution < 1.29 is 22.7 Å². The Morgan fingerprint density at radius 3 is 2.49 bits per heavy atom. The molecule has 1 N–H and O–H groups in total. The number of nitrogens with one attached hydrogen (secondary N) is 1. The number of carbonyl (C=O) groups is 1. The van der Waals surface area contributed by atoms with E-state index < -0.39 is 10.0 Å². The van der Waals surface area contributed by atoms with Crippen molar-refractivity contribution in [3.05, 3.63) is 83.4 Å². The highest BCUT2D eigenvalue weighted by Crippen LogP contribution is 2.29. The van der Waals surface area contributed by atoms with E-state index in [2.05, 4.69) is 4.72 Å². The molecule has 0 bridgehead atoms. The number of amides is 1. The molecule has 3 aromatic rings. The van der Waals surface area contributed by atoms with E-state index in [-0.39, 0.29) is 28.7 Å². The number of ether oxygens (including phenoxy) is 2. The van der Waals surface area contributed by atoms with Crippen LogP contribution in [-0.2, 0) is 14.8 Å². The molecular weight excluding hydrogens is 490 g/mol. The monoisotopic (exact) mass is 523 g/mol. The second-order valence-electron chi connectivity index (χ2n) is 9.29. The Labute approximate surface area is 218 Å². The van der Waals surface area contributed by atoms with Crippen molar-refractivity contribution in [3.63, 3.8) is 0 Å². The zero-order valence-corrected chi connectivity index (χ0v) is 22.6. The summed E-state index contributed by atoms with van der Waals surface area (Å²) in [4.78, 5) is 17.3. The Hall–Kier alpha value is -3.56. The summed E-state index contributed by atoms with van der Waals surface area (Å²) < 4.78 is 39.7. The van der Waals surface area contributed by atoms with Crippen LogP contribution in [0.25, 0.3) is 0 Å². The summed E-state index contributed by atoms with van der Waals surface area (Å²) in [6, 6.07) is 19.4. The molecule has 1 aliphatic rings. The number of para-hydroxylation sites is 1. The predicted octanol–water partition coefficient (Wildman–Crippen LogP) is 4.09. The van der Waals surface area contributed by atoms with Crippen LogP contribution in [0.15, 0.2) is 71.6 Å². The SMILES string of the molecule is COc1ccccc1S(=O)(=O)Nc1cccc(N(C)[C@@H]2CN(C(=O)c3cc(C)ccc3C)C[C@H]2OC)c1. The molecule has 0 radical (unpaired) electrons. The van der Waals surface area contributed by atoms with Crippen LogP contribution >= 0.6 is 0 Å². The molecule has 0 saturated carbocycles. The minimum atomic E-state index is -3.86. The van der Waals surface area contributed by atoms with Crippen molar-refractivity contribution in [3.8, 4) is 5.75 Å². The fraction of sp³-hybridized carbons (Fsp3) is 0.321. The minimum absolute atomic E-state index is 0.0162. The lowest BCUT2D eigenvalue weighted by Gasteiger charge is -2.30. The molecule has 8 nitrogen and oxygen atoms in total. The number of nitrogens with zero attached hydrogens (tertiary/aromatic N) is 2. The van der Waals surface area contributed by atoms with E-state index in [0.717, 1.165) is 16.8 Å². The van der Waals surface area contributed by atoms with Gasteiger partial charge in [0.1, 0.15) is 10.6 Å². The second kappa shape index (κ2) is 10.8. The van der Waals surface area contributed by atoms with Gasteiger partial charge in [-0.3, -0.25) is 9.52 Å². The summed E-state index contributed by atoms with van der Waals surface area (Å²) >= 11 is 0. The molecule has 37 heavy (non-hydrogen) atoms. The highest BCUT2D eigenvalue weighted by atomic mass is 32.2. The van der Waals surface area contributed by atoms with E-state index in [1.54, 1.807) is 43.5 Å². The summed E-state index contributed by atoms with van der Waals surface area (Å²) in [7, 11) is 1.15. The van der Waals surface area contributed by atoms with E-state index in [9.17, 15) is 13.2 Å². The second-order valence-corrected chi connectivity index (χ2v) is 10.9. The average Bonchev–Trinajstić information content (AvgIpc) is 3.33. The number of sulfonamides is 1. The van der Waals surface area contributed by atoms with Gasteiger partial charge >= 0.3 is 0 Å². The lowest BCUT2D eigenvalue weighted by Crippen LogP contribution is -2.42. The molecule has 2 atom stereocenters. The molecule has 0 aliphatic carbocycles. The zero-order valence-electron chi connectivity index (χ0n) is 21.8. The maximum absolute atomic E-state index is 13.3. The molecule has 9 heteroatoms. The smallest absolute Gasteiger partial charge is 0.265 e. The van der Waals surface area contributed by atoms with Crippen LogP contribution in [0, 0.1) is 13.8 Å². The van der Waals surface area contributed by atoms with E-state index in [1.807, 2.05) is 55.0 Å². The maximum Gasteiger partial charge on any atom is 0.265 e. The number of hydrogen-bond acceptors (Lipinski definition) is 6. The van der Waals surface area contributed by atoms with Crippen LogP contribution in [0.3, 0.4) is 0 Å². The van der Waals surface area contributed by atoms with Gasteiger partial charge in [0.2, 0.25) is 0 Å². The van der Waals surface area contributed by atoms with Gasteiger partial charge in [-0.15, -0.1) is 0 Å². The van der Waals surface area contributed by atoms with Gasteiger partial charge in [0.05, 0.1) is 24.9 Å². The average molecular weight is 524 g/mol. The zero-order chi connectivity index (χ0) is 26.7. The standard InChI is InChI=1S/C28H33N3O5S/c1-19-13-14-20(2)23(15-19)28(32)31-17-24(26(18-31)36-5)30(3)22-10-8-9-21(16-22)29-37(33,34)27-12-7-6-11-25(27)35-4/h6-16,24,26,29H,17-18H2,1-5H3/t24-,26-/m1/s1. The van der Waals surface area contributed by atoms with Crippen LogP contribution in [0.5, 0.6) is 5.75 Å². The molecule has 0 unspecified atom stereocenters. The summed E-state index contributed by atoms with van der Waals surface area (Å²) in [5, 5.41) is 0. The first-order chi connectivity index (χ1) is 17.6. The molecule has 196 valence electrons. The number of anilines is 2. The first kappa shape index (κ1) is 26.5. The first-order valence-corrected chi connectivity index (χ1v) is 13.5. The number of aryl methyl sites for hydroxylation is 2. The highest BCUT2D eigenvalue weighted by molar-refractivity contribution is 7.92. The van der Waals surface area contributed by atoms with Crippen molar-refractivity contribution in [1.82, 2.24) is 4.90 Å². The molecule has 1 fully saturated rings. The van der Waals surface area contributed by atoms with Gasteiger partial charge in [-0.1, -0.05) is 35.9 Å². The van der Waals surface area contributed by atoms with Crippen LogP contribution in [0.4, 0.5) is 11.4 Å². The molecule has 1 heterocycles. The third-order valence-corrected chi connectivity index (χ3v) is 8.23. The van der Waals surface area contributed by atoms with E-state index in [4.69, 9.17) is 9.47 Å². The van der Waals surface area contributed by atoms with Gasteiger partial charge in [-0.25, -0.2) is 8.42 Å². The quantitative estimate of drug-likeness (QED) is 0.479. The van der Waals surface area contributed by atoms with Gasteiger partial charge < -0.3 is 19.3 Å². The maximum atomic E-state index is 13.3. The van der Waals surface area contributed by atoms with Crippen molar-refractivity contribution in [2.75, 3.05) is 44.0 Å². The number of benzene rings is 3. The Bertz CT molecular complexity index is 1390. The van der Waals surface area contributed by atoms with Crippen molar-refractivity contribution in [2.24, 2.45) is 0 Å². The number of hydrogen-bond donors (Lipinski definition) is 1. The Morgan fingerprint density at radius 2 is 1.76 bits per heavy atom. The van der Waals surface area contributed by atoms with Gasteiger partial charge in [-0.05, 0) is 55.8 Å². The third kappa shape index (κ3) is 5.57. The topological polar surface area (TPSA) is 88.2 Å². The van der Waals surface area contributed by atoms with Crippen molar-refractivity contribution >= 4 is 27.3 Å². The number of methoxy groups -OCH3 is 2. The minimum Gasteiger partial charge on any atom is -0.495 e. The summed E-state index contributed by atoms with van der Waals surface area (Å²) in [6.07, 6.45) is -0.201. The molecule has 1 saturated heterocycles. The predicted molar refractivity (Wildman–Crippen MR) is 145 cm³/mol. The van der Waals surface area contributed by atoms with Crippen molar-refractivity contribution in [1.29, 1.82) is 0 Å². The van der Waals surface area contributed by atoms with Gasteiger partial charge in [0, 0.05) is 38.5 Å². The summed E-state index contributed by atoms with van der Waals surface area (Å²) in [6.45, 7) is 4.87. The van der Waals surface area contributed by atoms with Gasteiger partial charge in [0.15, 0.2) is 0 Å². The number of carbonyl (C=O) groups excluding carboxylic acids is 1. The van der Waals surface area contributed by atoms with E-state index >= 15 is 0 Å². The Morgan fingerprint density at radius 1 is 1.00 bits per heavy atom. The molecule has 1 amide bonds. The fourth-order valence-corrected chi connectivity index (χ4v) is 5.92. The molecule has 0 spiro atoms. The van der Waals surface area contributed by atoms with Crippen LogP contribution in [0.2, 0.25) is 0 Å². The Balaban J connectivity index is 1.54. The molecular formula is C28H33N3O5S. The Kier molecular flexibility index (Phi) is 7.75. The molecule has 3 aromatic carbocycles. The summed E-state index contributed by atoms with van der Waals surface area (Å²) in [5.74, 6) is 0.253. The lowest BCUT2D eigenvalue weighted by molar-refractivity contribution is 0.0714. The lowest BCUT2D eigenvalue weighted by atomic mass is 10.0. The molecule has 0 aromatic heterocycles. The van der Waals surface area contributed by atoms with Crippen LogP contribution < -0.4 is 14.4 Å².